The number of amides is 2. The van der Waals surface area contributed by atoms with E-state index in [0.29, 0.717) is 13.0 Å². The number of benzene rings is 1. The molecule has 0 bridgehead atoms. The molecule has 0 aromatic heterocycles. The van der Waals surface area contributed by atoms with E-state index < -0.39 is 12.6 Å². The molecule has 3 rings (SSSR count). The van der Waals surface area contributed by atoms with Crippen LogP contribution in [0.1, 0.15) is 12.0 Å². The molecule has 2 aliphatic heterocycles. The van der Waals surface area contributed by atoms with Crippen LogP contribution in [-0.2, 0) is 15.9 Å². The van der Waals surface area contributed by atoms with Gasteiger partial charge in [-0.25, -0.2) is 14.7 Å². The van der Waals surface area contributed by atoms with Gasteiger partial charge in [0.05, 0.1) is 11.7 Å². The molecule has 0 aliphatic carbocycles. The number of nitrogens with zero attached hydrogens (tertiary/aromatic N) is 4. The molecule has 0 saturated carbocycles. The van der Waals surface area contributed by atoms with E-state index in [4.69, 9.17) is 15.2 Å². The number of amidine groups is 1. The summed E-state index contributed by atoms with van der Waals surface area (Å²) in [7, 11) is 0. The van der Waals surface area contributed by atoms with Crippen LogP contribution in [0.5, 0.6) is 0 Å². The number of carbonyl (C=O) groups excluding carboxylic acids is 1. The first-order valence-corrected chi connectivity index (χ1v) is 8.60. The molecule has 1 aromatic rings. The molecule has 2 heterocycles. The lowest BCUT2D eigenvalue weighted by Gasteiger charge is -2.19. The Kier molecular flexibility index (Phi) is 6.30. The number of carbonyl (C=O) groups is 1. The molecule has 28 heavy (non-hydrogen) atoms. The number of halogens is 2. The highest BCUT2D eigenvalue weighted by atomic mass is 19.3. The number of ether oxygens (including phenoxy) is 2. The number of hydrogen-bond acceptors (Lipinski definition) is 6. The third kappa shape index (κ3) is 5.12. The Morgan fingerprint density at radius 1 is 1.32 bits per heavy atom. The van der Waals surface area contributed by atoms with Gasteiger partial charge >= 0.3 is 12.6 Å². The minimum absolute atomic E-state index is 0.00890. The Bertz CT molecular complexity index is 821. The van der Waals surface area contributed by atoms with Crippen molar-refractivity contribution in [1.82, 2.24) is 0 Å². The van der Waals surface area contributed by atoms with Crippen LogP contribution in [0.3, 0.4) is 0 Å². The van der Waals surface area contributed by atoms with E-state index in [2.05, 4.69) is 15.2 Å². The van der Waals surface area contributed by atoms with Crippen molar-refractivity contribution in [3.8, 4) is 0 Å². The molecule has 2 amide bonds. The first-order chi connectivity index (χ1) is 13.5. The van der Waals surface area contributed by atoms with Gasteiger partial charge in [0.1, 0.15) is 13.2 Å². The molecular weight excluding hydrogens is 372 g/mol. The van der Waals surface area contributed by atoms with Crippen molar-refractivity contribution in [2.24, 2.45) is 21.0 Å². The van der Waals surface area contributed by atoms with Gasteiger partial charge in [-0.3, -0.25) is 0 Å². The summed E-state index contributed by atoms with van der Waals surface area (Å²) < 4.78 is 37.0. The van der Waals surface area contributed by atoms with Crippen LogP contribution in [-0.4, -0.2) is 37.9 Å². The van der Waals surface area contributed by atoms with Crippen molar-refractivity contribution in [3.05, 3.63) is 53.9 Å². The standard InChI is InChI=1S/C18H19F2N5O3/c19-16(20)25(18(26)24-23-15-3-1-2-10-27-15)14-8-5-12(6-9-14)4-7-13-11-28-17(21)22-13/h1-3,5-6,8-9,13,16H,4,7,10-11H2,(H2,21,22)/t13-/m0/s1. The lowest BCUT2D eigenvalue weighted by molar-refractivity contribution is 0.146. The number of aliphatic imine (C=N–C) groups is 1. The number of urea groups is 1. The van der Waals surface area contributed by atoms with Gasteiger partial charge in [-0.1, -0.05) is 23.3 Å². The van der Waals surface area contributed by atoms with E-state index in [1.165, 1.54) is 18.2 Å². The number of rotatable bonds is 6. The first kappa shape index (κ1) is 19.5. The van der Waals surface area contributed by atoms with Crippen LogP contribution in [0.4, 0.5) is 19.3 Å². The normalized spacial score (nSPS) is 18.6. The summed E-state index contributed by atoms with van der Waals surface area (Å²) in [6, 6.07) is 5.23. The summed E-state index contributed by atoms with van der Waals surface area (Å²) in [5, 5.41) is 6.89. The molecule has 0 spiro atoms. The fourth-order valence-corrected chi connectivity index (χ4v) is 2.64. The summed E-state index contributed by atoms with van der Waals surface area (Å²) >= 11 is 0. The SMILES string of the molecule is NC1=N[C@@H](CCc2ccc(N(C(=O)N=NC3=CC=CCO3)C(F)F)cc2)CO1. The zero-order valence-electron chi connectivity index (χ0n) is 14.9. The predicted octanol–water partition coefficient (Wildman–Crippen LogP) is 3.36. The molecule has 1 atom stereocenters. The second-order valence-electron chi connectivity index (χ2n) is 6.01. The summed E-state index contributed by atoms with van der Waals surface area (Å²) in [6.45, 7) is -2.34. The average Bonchev–Trinajstić information content (AvgIpc) is 3.12. The zero-order valence-corrected chi connectivity index (χ0v) is 14.9. The fourth-order valence-electron chi connectivity index (χ4n) is 2.64. The molecule has 2 N–H and O–H groups in total. The Hall–Kier alpha value is -3.30. The molecule has 0 radical (unpaired) electrons. The molecule has 0 saturated heterocycles. The molecule has 148 valence electrons. The molecular formula is C18H19F2N5O3. The number of allylic oxidation sites excluding steroid dienone is 2. The summed E-state index contributed by atoms with van der Waals surface area (Å²) in [6.07, 6.45) is 6.27. The van der Waals surface area contributed by atoms with Crippen LogP contribution in [0.25, 0.3) is 0 Å². The minimum atomic E-state index is -3.06. The quantitative estimate of drug-likeness (QED) is 0.593. The number of anilines is 1. The first-order valence-electron chi connectivity index (χ1n) is 8.60. The highest BCUT2D eigenvalue weighted by Gasteiger charge is 2.25. The van der Waals surface area contributed by atoms with Gasteiger partial charge in [0.2, 0.25) is 5.88 Å². The third-order valence-corrected chi connectivity index (χ3v) is 4.05. The fraction of sp³-hybridized carbons (Fsp3) is 0.333. The molecule has 1 aromatic carbocycles. The van der Waals surface area contributed by atoms with E-state index in [9.17, 15) is 13.6 Å². The maximum absolute atomic E-state index is 13.4. The van der Waals surface area contributed by atoms with Gasteiger partial charge in [-0.15, -0.1) is 5.11 Å². The number of hydrogen-bond donors (Lipinski definition) is 1. The van der Waals surface area contributed by atoms with E-state index in [1.807, 2.05) is 0 Å². The number of nitrogens with two attached hydrogens (primary N) is 1. The van der Waals surface area contributed by atoms with E-state index in [-0.39, 0.29) is 35.1 Å². The zero-order chi connectivity index (χ0) is 19.9. The third-order valence-electron chi connectivity index (χ3n) is 4.05. The predicted molar refractivity (Wildman–Crippen MR) is 98.0 cm³/mol. The maximum Gasteiger partial charge on any atom is 0.371 e. The topological polar surface area (TPSA) is 102 Å². The van der Waals surface area contributed by atoms with Crippen LogP contribution in [0.2, 0.25) is 0 Å². The van der Waals surface area contributed by atoms with Crippen molar-refractivity contribution >= 4 is 17.7 Å². The Balaban J connectivity index is 1.63. The van der Waals surface area contributed by atoms with Gasteiger partial charge in [0, 0.05) is 6.08 Å². The largest absolute Gasteiger partial charge is 0.472 e. The van der Waals surface area contributed by atoms with Crippen molar-refractivity contribution in [2.45, 2.75) is 25.4 Å². The average molecular weight is 391 g/mol. The molecule has 0 fully saturated rings. The van der Waals surface area contributed by atoms with Gasteiger partial charge in [0.15, 0.2) is 0 Å². The van der Waals surface area contributed by atoms with Gasteiger partial charge in [0.25, 0.3) is 6.02 Å². The highest BCUT2D eigenvalue weighted by Crippen LogP contribution is 2.22. The Labute approximate surface area is 160 Å². The minimum Gasteiger partial charge on any atom is -0.472 e. The van der Waals surface area contributed by atoms with Gasteiger partial charge in [-0.2, -0.15) is 8.78 Å². The lowest BCUT2D eigenvalue weighted by atomic mass is 10.1. The Morgan fingerprint density at radius 3 is 2.71 bits per heavy atom. The van der Waals surface area contributed by atoms with Crippen molar-refractivity contribution in [3.63, 3.8) is 0 Å². The number of aryl methyl sites for hydroxylation is 1. The smallest absolute Gasteiger partial charge is 0.371 e. The van der Waals surface area contributed by atoms with Crippen molar-refractivity contribution in [2.75, 3.05) is 18.1 Å². The second kappa shape index (κ2) is 9.07. The van der Waals surface area contributed by atoms with Crippen molar-refractivity contribution < 1.29 is 23.0 Å². The molecule has 2 aliphatic rings. The van der Waals surface area contributed by atoms with Crippen LogP contribution in [0.15, 0.2) is 63.6 Å². The van der Waals surface area contributed by atoms with E-state index in [1.54, 1.807) is 24.3 Å². The van der Waals surface area contributed by atoms with Gasteiger partial charge in [-0.05, 0) is 36.6 Å². The van der Waals surface area contributed by atoms with Gasteiger partial charge < -0.3 is 15.2 Å². The Morgan fingerprint density at radius 2 is 2.11 bits per heavy atom. The monoisotopic (exact) mass is 391 g/mol. The highest BCUT2D eigenvalue weighted by molar-refractivity contribution is 5.92. The van der Waals surface area contributed by atoms with Crippen LogP contribution in [0, 0.1) is 0 Å². The maximum atomic E-state index is 13.4. The molecule has 10 heteroatoms. The molecule has 8 nitrogen and oxygen atoms in total. The molecule has 0 unspecified atom stereocenters. The number of azo groups is 1. The summed E-state index contributed by atoms with van der Waals surface area (Å²) in [5.41, 5.74) is 6.40. The van der Waals surface area contributed by atoms with E-state index >= 15 is 0 Å². The summed E-state index contributed by atoms with van der Waals surface area (Å²) in [4.78, 5) is 16.5. The van der Waals surface area contributed by atoms with E-state index in [0.717, 1.165) is 12.0 Å². The van der Waals surface area contributed by atoms with Crippen molar-refractivity contribution in [1.29, 1.82) is 0 Å². The number of alkyl halides is 2. The lowest BCUT2D eigenvalue weighted by Crippen LogP contribution is -2.33. The van der Waals surface area contributed by atoms with Crippen LogP contribution >= 0.6 is 0 Å². The summed E-state index contributed by atoms with van der Waals surface area (Å²) in [5.74, 6) is 0.0830. The second-order valence-corrected chi connectivity index (χ2v) is 6.01. The van der Waals surface area contributed by atoms with Crippen LogP contribution < -0.4 is 10.6 Å².